The minimum Gasteiger partial charge on any atom is -0.273 e. The molecule has 1 heterocycles. The summed E-state index contributed by atoms with van der Waals surface area (Å²) < 4.78 is 1.66. The van der Waals surface area contributed by atoms with Gasteiger partial charge in [-0.05, 0) is 24.6 Å². The van der Waals surface area contributed by atoms with Crippen LogP contribution in [0.3, 0.4) is 0 Å². The van der Waals surface area contributed by atoms with Crippen LogP contribution in [0.5, 0.6) is 0 Å². The Hall–Kier alpha value is -4.19. The highest BCUT2D eigenvalue weighted by molar-refractivity contribution is 6.00. The van der Waals surface area contributed by atoms with E-state index < -0.39 is 5.91 Å². The van der Waals surface area contributed by atoms with Crippen molar-refractivity contribution in [2.45, 2.75) is 13.3 Å². The summed E-state index contributed by atoms with van der Waals surface area (Å²) in [6, 6.07) is 26.7. The Bertz CT molecular complexity index is 1200. The topological polar surface area (TPSA) is 76.0 Å². The molecule has 0 atom stereocenters. The molecule has 1 aromatic heterocycles. The van der Waals surface area contributed by atoms with Crippen LogP contribution in [0.15, 0.2) is 91.1 Å². The highest BCUT2D eigenvalue weighted by Crippen LogP contribution is 2.23. The highest BCUT2D eigenvalue weighted by Gasteiger charge is 2.19. The molecule has 0 radical (unpaired) electrons. The van der Waals surface area contributed by atoms with Crippen molar-refractivity contribution in [2.24, 2.45) is 0 Å². The molecule has 0 aliphatic rings. The second-order valence-electron chi connectivity index (χ2n) is 7.21. The molecule has 31 heavy (non-hydrogen) atoms. The number of aryl methyl sites for hydroxylation is 1. The lowest BCUT2D eigenvalue weighted by Crippen LogP contribution is -2.42. The summed E-state index contributed by atoms with van der Waals surface area (Å²) in [7, 11) is 0. The molecule has 2 N–H and O–H groups in total. The molecule has 0 unspecified atom stereocenters. The smallest absolute Gasteiger partial charge is 0.273 e. The van der Waals surface area contributed by atoms with Crippen LogP contribution in [0.25, 0.3) is 16.9 Å². The first-order valence-corrected chi connectivity index (χ1v) is 9.95. The Labute approximate surface area is 180 Å². The number of rotatable bonds is 5. The molecule has 6 nitrogen and oxygen atoms in total. The quantitative estimate of drug-likeness (QED) is 0.491. The van der Waals surface area contributed by atoms with Crippen molar-refractivity contribution in [2.75, 3.05) is 0 Å². The van der Waals surface area contributed by atoms with Gasteiger partial charge in [-0.15, -0.1) is 0 Å². The summed E-state index contributed by atoms with van der Waals surface area (Å²) in [6.07, 6.45) is 1.84. The zero-order chi connectivity index (χ0) is 21.6. The van der Waals surface area contributed by atoms with Crippen LogP contribution in [0, 0.1) is 6.92 Å². The first-order valence-electron chi connectivity index (χ1n) is 9.95. The van der Waals surface area contributed by atoms with E-state index in [0.717, 1.165) is 22.4 Å². The number of amides is 2. The number of hydrogen-bond acceptors (Lipinski definition) is 3. The minimum absolute atomic E-state index is 0.177. The molecule has 0 saturated heterocycles. The van der Waals surface area contributed by atoms with Crippen molar-refractivity contribution < 1.29 is 9.59 Å². The zero-order valence-electron chi connectivity index (χ0n) is 17.1. The van der Waals surface area contributed by atoms with Crippen LogP contribution in [0.1, 0.15) is 21.5 Å². The molecule has 0 saturated carbocycles. The maximum Gasteiger partial charge on any atom is 0.273 e. The highest BCUT2D eigenvalue weighted by atomic mass is 16.2. The SMILES string of the molecule is Cc1cccc(CC(=O)NNC(=O)c2cn(-c3ccccc3)nc2-c2ccccc2)c1. The average Bonchev–Trinajstić information content (AvgIpc) is 3.24. The fraction of sp³-hybridized carbons (Fsp3) is 0.0800. The van der Waals surface area contributed by atoms with Gasteiger partial charge in [-0.2, -0.15) is 5.10 Å². The summed E-state index contributed by atoms with van der Waals surface area (Å²) in [5.74, 6) is -0.728. The Morgan fingerprint density at radius 3 is 2.29 bits per heavy atom. The fourth-order valence-corrected chi connectivity index (χ4v) is 3.31. The van der Waals surface area contributed by atoms with Gasteiger partial charge in [0.15, 0.2) is 0 Å². The summed E-state index contributed by atoms with van der Waals surface area (Å²) in [5, 5.41) is 4.62. The number of nitrogens with zero attached hydrogens (tertiary/aromatic N) is 2. The zero-order valence-corrected chi connectivity index (χ0v) is 17.1. The molecule has 6 heteroatoms. The fourth-order valence-electron chi connectivity index (χ4n) is 3.31. The van der Waals surface area contributed by atoms with Crippen LogP contribution in [0.4, 0.5) is 0 Å². The first kappa shape index (κ1) is 20.1. The van der Waals surface area contributed by atoms with Gasteiger partial charge in [0.1, 0.15) is 5.69 Å². The number of nitrogens with one attached hydrogen (secondary N) is 2. The van der Waals surface area contributed by atoms with Crippen molar-refractivity contribution in [1.82, 2.24) is 20.6 Å². The number of benzene rings is 3. The molecule has 4 aromatic rings. The lowest BCUT2D eigenvalue weighted by molar-refractivity contribution is -0.121. The standard InChI is InChI=1S/C25H22N4O2/c1-18-9-8-10-19(15-18)16-23(30)26-27-25(31)22-17-29(21-13-6-3-7-14-21)28-24(22)20-11-4-2-5-12-20/h2-15,17H,16H2,1H3,(H,26,30)(H,27,31). The molecule has 4 rings (SSSR count). The molecule has 0 spiro atoms. The van der Waals surface area contributed by atoms with E-state index in [0.29, 0.717) is 11.3 Å². The van der Waals surface area contributed by atoms with Crippen LogP contribution in [-0.4, -0.2) is 21.6 Å². The van der Waals surface area contributed by atoms with Crippen molar-refractivity contribution in [3.05, 3.63) is 108 Å². The third-order valence-electron chi connectivity index (χ3n) is 4.79. The van der Waals surface area contributed by atoms with Gasteiger partial charge in [0, 0.05) is 11.8 Å². The number of hydrogen-bond donors (Lipinski definition) is 2. The second-order valence-corrected chi connectivity index (χ2v) is 7.21. The molecule has 154 valence electrons. The number of hydrazine groups is 1. The average molecular weight is 410 g/mol. The Kier molecular flexibility index (Phi) is 5.89. The molecule has 2 amide bonds. The predicted molar refractivity (Wildman–Crippen MR) is 119 cm³/mol. The van der Waals surface area contributed by atoms with Gasteiger partial charge in [0.05, 0.1) is 17.7 Å². The van der Waals surface area contributed by atoms with E-state index in [-0.39, 0.29) is 12.3 Å². The number of para-hydroxylation sites is 1. The van der Waals surface area contributed by atoms with Crippen molar-refractivity contribution in [3.8, 4) is 16.9 Å². The molecule has 0 bridgehead atoms. The Balaban J connectivity index is 1.54. The first-order chi connectivity index (χ1) is 15.1. The van der Waals surface area contributed by atoms with Gasteiger partial charge in [0.2, 0.25) is 5.91 Å². The van der Waals surface area contributed by atoms with E-state index in [1.807, 2.05) is 91.9 Å². The maximum atomic E-state index is 12.9. The predicted octanol–water partition coefficient (Wildman–Crippen LogP) is 3.85. The summed E-state index contributed by atoms with van der Waals surface area (Å²) in [4.78, 5) is 25.2. The van der Waals surface area contributed by atoms with Gasteiger partial charge < -0.3 is 0 Å². The lowest BCUT2D eigenvalue weighted by Gasteiger charge is -2.08. The third kappa shape index (κ3) is 4.87. The van der Waals surface area contributed by atoms with Crippen LogP contribution in [0.2, 0.25) is 0 Å². The normalized spacial score (nSPS) is 10.5. The lowest BCUT2D eigenvalue weighted by atomic mass is 10.1. The van der Waals surface area contributed by atoms with E-state index in [1.165, 1.54) is 0 Å². The molecule has 0 fully saturated rings. The molecular formula is C25H22N4O2. The van der Waals surface area contributed by atoms with Gasteiger partial charge in [-0.3, -0.25) is 20.4 Å². The minimum atomic E-state index is -0.432. The van der Waals surface area contributed by atoms with Crippen LogP contribution >= 0.6 is 0 Å². The largest absolute Gasteiger partial charge is 0.273 e. The molecular weight excluding hydrogens is 388 g/mol. The Morgan fingerprint density at radius 2 is 1.58 bits per heavy atom. The molecule has 0 aliphatic carbocycles. The maximum absolute atomic E-state index is 12.9. The summed E-state index contributed by atoms with van der Waals surface area (Å²) >= 11 is 0. The van der Waals surface area contributed by atoms with Gasteiger partial charge in [0.25, 0.3) is 5.91 Å². The van der Waals surface area contributed by atoms with Gasteiger partial charge in [-0.25, -0.2) is 4.68 Å². The molecule has 0 aliphatic heterocycles. The van der Waals surface area contributed by atoms with Crippen LogP contribution in [-0.2, 0) is 11.2 Å². The van der Waals surface area contributed by atoms with E-state index in [2.05, 4.69) is 16.0 Å². The van der Waals surface area contributed by atoms with Gasteiger partial charge >= 0.3 is 0 Å². The summed E-state index contributed by atoms with van der Waals surface area (Å²) in [6.45, 7) is 1.97. The third-order valence-corrected chi connectivity index (χ3v) is 4.79. The number of carbonyl (C=O) groups is 2. The van der Waals surface area contributed by atoms with E-state index in [9.17, 15) is 9.59 Å². The van der Waals surface area contributed by atoms with Crippen molar-refractivity contribution >= 4 is 11.8 Å². The van der Waals surface area contributed by atoms with Crippen molar-refractivity contribution in [1.29, 1.82) is 0 Å². The number of carbonyl (C=O) groups excluding carboxylic acids is 2. The van der Waals surface area contributed by atoms with Crippen LogP contribution < -0.4 is 10.9 Å². The summed E-state index contributed by atoms with van der Waals surface area (Å²) in [5.41, 5.74) is 9.53. The van der Waals surface area contributed by atoms with E-state index >= 15 is 0 Å². The molecule has 3 aromatic carbocycles. The van der Waals surface area contributed by atoms with Crippen molar-refractivity contribution in [3.63, 3.8) is 0 Å². The van der Waals surface area contributed by atoms with E-state index in [4.69, 9.17) is 0 Å². The van der Waals surface area contributed by atoms with E-state index in [1.54, 1.807) is 10.9 Å². The number of aromatic nitrogens is 2. The second kappa shape index (κ2) is 9.09. The Morgan fingerprint density at radius 1 is 0.871 bits per heavy atom. The monoisotopic (exact) mass is 410 g/mol. The van der Waals surface area contributed by atoms with Gasteiger partial charge in [-0.1, -0.05) is 78.4 Å².